The van der Waals surface area contributed by atoms with Crippen molar-refractivity contribution in [1.29, 1.82) is 0 Å². The molecular formula is C19H27N3O2S. The number of nitrogens with zero attached hydrogens (tertiary/aromatic N) is 2. The molecule has 0 aliphatic heterocycles. The molecule has 0 unspecified atom stereocenters. The summed E-state index contributed by atoms with van der Waals surface area (Å²) in [6, 6.07) is 8.27. The van der Waals surface area contributed by atoms with Gasteiger partial charge in [-0.25, -0.2) is 0 Å². The Bertz CT molecular complexity index is 702. The first-order valence-electron chi connectivity index (χ1n) is 8.53. The summed E-state index contributed by atoms with van der Waals surface area (Å²) in [5.41, 5.74) is 2.24. The number of nitrogens with one attached hydrogen (secondary N) is 1. The van der Waals surface area contributed by atoms with Gasteiger partial charge in [-0.3, -0.25) is 4.79 Å². The zero-order valence-electron chi connectivity index (χ0n) is 15.8. The second-order valence-electron chi connectivity index (χ2n) is 7.59. The topological polar surface area (TPSA) is 68.0 Å². The summed E-state index contributed by atoms with van der Waals surface area (Å²) < 4.78 is 5.66. The molecule has 0 bridgehead atoms. The standard InChI is InChI=1S/C19H27N3O2S/c1-12(2)13(3)20-16(23)11-25-18-22-21-17(24-18)14-7-9-15(10-8-14)19(4,5)6/h7-10,12-13H,11H2,1-6H3,(H,20,23)/t13-/m0/s1. The Labute approximate surface area is 154 Å². The summed E-state index contributed by atoms with van der Waals surface area (Å²) >= 11 is 1.25. The van der Waals surface area contributed by atoms with Gasteiger partial charge in [-0.2, -0.15) is 0 Å². The fraction of sp³-hybridized carbons (Fsp3) is 0.526. The van der Waals surface area contributed by atoms with E-state index in [1.807, 2.05) is 19.1 Å². The zero-order valence-corrected chi connectivity index (χ0v) is 16.6. The lowest BCUT2D eigenvalue weighted by atomic mass is 9.87. The number of hydrogen-bond acceptors (Lipinski definition) is 5. The van der Waals surface area contributed by atoms with Gasteiger partial charge in [-0.1, -0.05) is 58.5 Å². The second-order valence-corrected chi connectivity index (χ2v) is 8.52. The van der Waals surface area contributed by atoms with Gasteiger partial charge in [0.05, 0.1) is 5.75 Å². The van der Waals surface area contributed by atoms with Gasteiger partial charge in [0, 0.05) is 11.6 Å². The monoisotopic (exact) mass is 361 g/mol. The van der Waals surface area contributed by atoms with Gasteiger partial charge in [0.2, 0.25) is 11.8 Å². The first kappa shape index (κ1) is 19.5. The van der Waals surface area contributed by atoms with Crippen molar-refractivity contribution < 1.29 is 9.21 Å². The van der Waals surface area contributed by atoms with Crippen LogP contribution in [0.3, 0.4) is 0 Å². The molecule has 0 spiro atoms. The minimum Gasteiger partial charge on any atom is -0.411 e. The molecule has 5 nitrogen and oxygen atoms in total. The number of aromatic nitrogens is 2. The van der Waals surface area contributed by atoms with Crippen LogP contribution in [0.4, 0.5) is 0 Å². The number of rotatable bonds is 6. The summed E-state index contributed by atoms with van der Waals surface area (Å²) in [5.74, 6) is 1.11. The predicted octanol–water partition coefficient (Wildman–Crippen LogP) is 4.29. The van der Waals surface area contributed by atoms with Crippen molar-refractivity contribution in [3.63, 3.8) is 0 Å². The number of carbonyl (C=O) groups excluding carboxylic acids is 1. The van der Waals surface area contributed by atoms with E-state index in [-0.39, 0.29) is 23.1 Å². The summed E-state index contributed by atoms with van der Waals surface area (Å²) in [6.45, 7) is 12.7. The van der Waals surface area contributed by atoms with E-state index in [9.17, 15) is 4.79 Å². The molecule has 0 fully saturated rings. The first-order valence-corrected chi connectivity index (χ1v) is 9.52. The highest BCUT2D eigenvalue weighted by Gasteiger charge is 2.16. The van der Waals surface area contributed by atoms with Crippen LogP contribution in [-0.4, -0.2) is 27.9 Å². The van der Waals surface area contributed by atoms with Crippen LogP contribution < -0.4 is 5.32 Å². The van der Waals surface area contributed by atoms with Crippen LogP contribution in [0, 0.1) is 5.92 Å². The number of amides is 1. The maximum Gasteiger partial charge on any atom is 0.277 e. The third-order valence-electron chi connectivity index (χ3n) is 4.12. The van der Waals surface area contributed by atoms with E-state index in [4.69, 9.17) is 4.42 Å². The minimum absolute atomic E-state index is 0.0273. The van der Waals surface area contributed by atoms with Gasteiger partial charge < -0.3 is 9.73 Å². The van der Waals surface area contributed by atoms with Gasteiger partial charge in [-0.15, -0.1) is 10.2 Å². The maximum absolute atomic E-state index is 11.9. The lowest BCUT2D eigenvalue weighted by Crippen LogP contribution is -2.37. The smallest absolute Gasteiger partial charge is 0.277 e. The van der Waals surface area contributed by atoms with Crippen molar-refractivity contribution in [3.05, 3.63) is 29.8 Å². The van der Waals surface area contributed by atoms with Crippen LogP contribution in [0.15, 0.2) is 33.9 Å². The summed E-state index contributed by atoms with van der Waals surface area (Å²) in [4.78, 5) is 11.9. The number of carbonyl (C=O) groups is 1. The largest absolute Gasteiger partial charge is 0.411 e. The Hall–Kier alpha value is -1.82. The third kappa shape index (κ3) is 5.59. The van der Waals surface area contributed by atoms with Crippen molar-refractivity contribution in [2.45, 2.75) is 58.2 Å². The fourth-order valence-electron chi connectivity index (χ4n) is 2.09. The highest BCUT2D eigenvalue weighted by molar-refractivity contribution is 7.99. The van der Waals surface area contributed by atoms with Crippen LogP contribution >= 0.6 is 11.8 Å². The van der Waals surface area contributed by atoms with E-state index >= 15 is 0 Å². The SMILES string of the molecule is CC(C)[C@H](C)NC(=O)CSc1nnc(-c2ccc(C(C)(C)C)cc2)o1. The van der Waals surface area contributed by atoms with Gasteiger partial charge in [0.25, 0.3) is 5.22 Å². The molecule has 25 heavy (non-hydrogen) atoms. The van der Waals surface area contributed by atoms with Gasteiger partial charge in [-0.05, 0) is 36.0 Å². The average molecular weight is 362 g/mol. The molecule has 1 aromatic heterocycles. The lowest BCUT2D eigenvalue weighted by molar-refractivity contribution is -0.119. The Kier molecular flexibility index (Phi) is 6.27. The van der Waals surface area contributed by atoms with E-state index in [1.165, 1.54) is 17.3 Å². The Morgan fingerprint density at radius 1 is 1.16 bits per heavy atom. The molecule has 2 aromatic rings. The van der Waals surface area contributed by atoms with Crippen LogP contribution in [-0.2, 0) is 10.2 Å². The Morgan fingerprint density at radius 2 is 1.80 bits per heavy atom. The highest BCUT2D eigenvalue weighted by Crippen LogP contribution is 2.27. The molecule has 0 saturated heterocycles. The van der Waals surface area contributed by atoms with E-state index in [2.05, 4.69) is 62.3 Å². The minimum atomic E-state index is -0.0273. The van der Waals surface area contributed by atoms with Crippen LogP contribution in [0.25, 0.3) is 11.5 Å². The Morgan fingerprint density at radius 3 is 2.36 bits per heavy atom. The first-order chi connectivity index (χ1) is 11.7. The molecule has 0 aliphatic carbocycles. The number of thioether (sulfide) groups is 1. The molecule has 1 amide bonds. The lowest BCUT2D eigenvalue weighted by Gasteiger charge is -2.18. The number of hydrogen-bond donors (Lipinski definition) is 1. The fourth-order valence-corrected chi connectivity index (χ4v) is 2.66. The molecule has 0 aliphatic rings. The molecule has 0 saturated carbocycles. The van der Waals surface area contributed by atoms with Gasteiger partial charge in [0.15, 0.2) is 0 Å². The quantitative estimate of drug-likeness (QED) is 0.778. The van der Waals surface area contributed by atoms with Crippen molar-refractivity contribution >= 4 is 17.7 Å². The van der Waals surface area contributed by atoms with Crippen molar-refractivity contribution in [2.24, 2.45) is 5.92 Å². The third-order valence-corrected chi connectivity index (χ3v) is 4.94. The second kappa shape index (κ2) is 8.04. The predicted molar refractivity (Wildman–Crippen MR) is 102 cm³/mol. The zero-order chi connectivity index (χ0) is 18.6. The summed E-state index contributed by atoms with van der Waals surface area (Å²) in [7, 11) is 0. The Balaban J connectivity index is 1.95. The van der Waals surface area contributed by atoms with E-state index in [0.717, 1.165) is 5.56 Å². The molecule has 1 aromatic carbocycles. The normalized spacial score (nSPS) is 13.1. The van der Waals surface area contributed by atoms with Crippen molar-refractivity contribution in [2.75, 3.05) is 5.75 Å². The van der Waals surface area contributed by atoms with Gasteiger partial charge >= 0.3 is 0 Å². The molecule has 1 N–H and O–H groups in total. The summed E-state index contributed by atoms with van der Waals surface area (Å²) in [6.07, 6.45) is 0. The molecule has 1 heterocycles. The van der Waals surface area contributed by atoms with Crippen LogP contribution in [0.2, 0.25) is 0 Å². The van der Waals surface area contributed by atoms with Gasteiger partial charge in [0.1, 0.15) is 0 Å². The molecule has 0 radical (unpaired) electrons. The molecule has 1 atom stereocenters. The molecular weight excluding hydrogens is 334 g/mol. The molecule has 2 rings (SSSR count). The van der Waals surface area contributed by atoms with E-state index in [1.54, 1.807) is 0 Å². The number of benzene rings is 1. The molecule has 6 heteroatoms. The molecule has 136 valence electrons. The van der Waals surface area contributed by atoms with Crippen LogP contribution in [0.1, 0.15) is 47.1 Å². The van der Waals surface area contributed by atoms with Crippen molar-refractivity contribution in [1.82, 2.24) is 15.5 Å². The van der Waals surface area contributed by atoms with Crippen LogP contribution in [0.5, 0.6) is 0 Å². The highest BCUT2D eigenvalue weighted by atomic mass is 32.2. The van der Waals surface area contributed by atoms with Crippen molar-refractivity contribution in [3.8, 4) is 11.5 Å². The maximum atomic E-state index is 11.9. The summed E-state index contributed by atoms with van der Waals surface area (Å²) in [5, 5.41) is 11.5. The van der Waals surface area contributed by atoms with E-state index in [0.29, 0.717) is 17.0 Å². The van der Waals surface area contributed by atoms with E-state index < -0.39 is 0 Å². The average Bonchev–Trinajstić information content (AvgIpc) is 3.01.